The Hall–Kier alpha value is -1.89. The minimum Gasteiger partial charge on any atom is -0.478 e. The number of carboxylic acids is 1. The Balaban J connectivity index is 1.99. The van der Waals surface area contributed by atoms with Gasteiger partial charge in [0.05, 0.1) is 11.3 Å². The third-order valence-electron chi connectivity index (χ3n) is 3.38. The summed E-state index contributed by atoms with van der Waals surface area (Å²) in [4.78, 5) is 23.1. The molecule has 0 aromatic heterocycles. The molecule has 3 N–H and O–H groups in total. The standard InChI is InChI=1S/C14H18N2O4S/c1-9-2-3-12(11(8-9)13(17)18)16-14(19)15-10-4-6-21(20)7-5-10/h2-3,8,10H,4-7H2,1H3,(H,17,18)(H2,15,16,19). The summed E-state index contributed by atoms with van der Waals surface area (Å²) in [6.07, 6.45) is 1.36. The van der Waals surface area contributed by atoms with Gasteiger partial charge in [-0.3, -0.25) is 4.21 Å². The van der Waals surface area contributed by atoms with Crippen LogP contribution in [0, 0.1) is 6.92 Å². The van der Waals surface area contributed by atoms with Gasteiger partial charge in [-0.2, -0.15) is 0 Å². The molecule has 0 saturated carbocycles. The van der Waals surface area contributed by atoms with Crippen molar-refractivity contribution in [3.05, 3.63) is 29.3 Å². The highest BCUT2D eigenvalue weighted by atomic mass is 32.2. The summed E-state index contributed by atoms with van der Waals surface area (Å²) in [5.74, 6) is 0.105. The summed E-state index contributed by atoms with van der Waals surface area (Å²) in [6.45, 7) is 1.79. The Bertz CT molecular complexity index is 578. The van der Waals surface area contributed by atoms with Crippen LogP contribution in [0.1, 0.15) is 28.8 Å². The van der Waals surface area contributed by atoms with Crippen LogP contribution in [-0.4, -0.2) is 38.9 Å². The fraction of sp³-hybridized carbons (Fsp3) is 0.429. The fourth-order valence-corrected chi connectivity index (χ4v) is 3.52. The first-order valence-electron chi connectivity index (χ1n) is 6.72. The van der Waals surface area contributed by atoms with Crippen molar-refractivity contribution in [2.24, 2.45) is 0 Å². The number of amides is 2. The predicted octanol–water partition coefficient (Wildman–Crippen LogP) is 1.73. The van der Waals surface area contributed by atoms with Crippen molar-refractivity contribution in [1.29, 1.82) is 0 Å². The molecule has 0 radical (unpaired) electrons. The topological polar surface area (TPSA) is 95.5 Å². The van der Waals surface area contributed by atoms with Crippen LogP contribution in [0.4, 0.5) is 10.5 Å². The van der Waals surface area contributed by atoms with Gasteiger partial charge in [-0.1, -0.05) is 11.6 Å². The lowest BCUT2D eigenvalue weighted by Gasteiger charge is -2.22. The molecule has 2 amide bonds. The summed E-state index contributed by atoms with van der Waals surface area (Å²) in [5, 5.41) is 14.5. The molecule has 21 heavy (non-hydrogen) atoms. The minimum atomic E-state index is -1.08. The molecule has 1 aliphatic rings. The van der Waals surface area contributed by atoms with Gasteiger partial charge in [-0.15, -0.1) is 0 Å². The second kappa shape index (κ2) is 6.71. The molecule has 1 heterocycles. The van der Waals surface area contributed by atoms with Gasteiger partial charge in [0.2, 0.25) is 0 Å². The highest BCUT2D eigenvalue weighted by Crippen LogP contribution is 2.17. The van der Waals surface area contributed by atoms with Crippen LogP contribution in [0.15, 0.2) is 18.2 Å². The Morgan fingerprint density at radius 1 is 1.29 bits per heavy atom. The number of nitrogens with one attached hydrogen (secondary N) is 2. The van der Waals surface area contributed by atoms with Crippen molar-refractivity contribution in [3.8, 4) is 0 Å². The van der Waals surface area contributed by atoms with E-state index in [1.54, 1.807) is 19.1 Å². The number of hydrogen-bond donors (Lipinski definition) is 3. The second-order valence-corrected chi connectivity index (χ2v) is 6.77. The molecule has 0 unspecified atom stereocenters. The molecule has 0 aliphatic carbocycles. The molecule has 0 atom stereocenters. The molecule has 1 saturated heterocycles. The Labute approximate surface area is 125 Å². The summed E-state index contributed by atoms with van der Waals surface area (Å²) in [6, 6.07) is 4.39. The Morgan fingerprint density at radius 2 is 1.95 bits per heavy atom. The first-order valence-corrected chi connectivity index (χ1v) is 8.21. The van der Waals surface area contributed by atoms with Crippen molar-refractivity contribution in [1.82, 2.24) is 5.32 Å². The van der Waals surface area contributed by atoms with Gasteiger partial charge in [0, 0.05) is 28.3 Å². The lowest BCUT2D eigenvalue weighted by atomic mass is 10.1. The summed E-state index contributed by atoms with van der Waals surface area (Å²) >= 11 is 0. The third-order valence-corrected chi connectivity index (χ3v) is 4.76. The maximum Gasteiger partial charge on any atom is 0.337 e. The quantitative estimate of drug-likeness (QED) is 0.792. The van der Waals surface area contributed by atoms with E-state index in [9.17, 15) is 13.8 Å². The van der Waals surface area contributed by atoms with Crippen LogP contribution < -0.4 is 10.6 Å². The van der Waals surface area contributed by atoms with Crippen molar-refractivity contribution in [3.63, 3.8) is 0 Å². The highest BCUT2D eigenvalue weighted by molar-refractivity contribution is 7.85. The van der Waals surface area contributed by atoms with Crippen LogP contribution in [0.5, 0.6) is 0 Å². The number of anilines is 1. The molecule has 0 bridgehead atoms. The van der Waals surface area contributed by atoms with Crippen LogP contribution in [0.25, 0.3) is 0 Å². The molecule has 0 spiro atoms. The van der Waals surface area contributed by atoms with Gasteiger partial charge in [0.15, 0.2) is 0 Å². The number of rotatable bonds is 3. The van der Waals surface area contributed by atoms with Gasteiger partial charge < -0.3 is 15.7 Å². The number of aryl methyl sites for hydroxylation is 1. The van der Waals surface area contributed by atoms with Crippen LogP contribution in [-0.2, 0) is 10.8 Å². The lowest BCUT2D eigenvalue weighted by molar-refractivity contribution is 0.0698. The summed E-state index contributed by atoms with van der Waals surface area (Å²) < 4.78 is 11.3. The zero-order chi connectivity index (χ0) is 15.4. The maximum atomic E-state index is 11.9. The first-order chi connectivity index (χ1) is 9.95. The Kier molecular flexibility index (Phi) is 4.95. The molecule has 6 nitrogen and oxygen atoms in total. The van der Waals surface area contributed by atoms with Crippen LogP contribution in [0.2, 0.25) is 0 Å². The number of carbonyl (C=O) groups is 2. The van der Waals surface area contributed by atoms with E-state index in [0.717, 1.165) is 5.56 Å². The smallest absolute Gasteiger partial charge is 0.337 e. The van der Waals surface area contributed by atoms with Crippen molar-refractivity contribution >= 4 is 28.5 Å². The summed E-state index contributed by atoms with van der Waals surface area (Å²) in [7, 11) is -0.776. The van der Waals surface area contributed by atoms with E-state index in [1.165, 1.54) is 6.07 Å². The fourth-order valence-electron chi connectivity index (χ4n) is 2.23. The molecule has 114 valence electrons. The van der Waals surface area contributed by atoms with Gasteiger partial charge in [0.25, 0.3) is 0 Å². The van der Waals surface area contributed by atoms with E-state index >= 15 is 0 Å². The predicted molar refractivity (Wildman–Crippen MR) is 81.2 cm³/mol. The number of aromatic carboxylic acids is 1. The van der Waals surface area contributed by atoms with E-state index < -0.39 is 22.8 Å². The monoisotopic (exact) mass is 310 g/mol. The number of hydrogen-bond acceptors (Lipinski definition) is 3. The molecule has 1 aromatic rings. The van der Waals surface area contributed by atoms with Crippen LogP contribution in [0.3, 0.4) is 0 Å². The number of carboxylic acid groups (broad SMARTS) is 1. The van der Waals surface area contributed by atoms with Gasteiger partial charge >= 0.3 is 12.0 Å². The van der Waals surface area contributed by atoms with Gasteiger partial charge in [-0.25, -0.2) is 9.59 Å². The number of carbonyl (C=O) groups excluding carboxylic acids is 1. The van der Waals surface area contributed by atoms with E-state index in [4.69, 9.17) is 5.11 Å². The maximum absolute atomic E-state index is 11.9. The lowest BCUT2D eigenvalue weighted by Crippen LogP contribution is -2.41. The third kappa shape index (κ3) is 4.29. The Morgan fingerprint density at radius 3 is 2.57 bits per heavy atom. The van der Waals surface area contributed by atoms with Crippen molar-refractivity contribution in [2.75, 3.05) is 16.8 Å². The molecule has 1 fully saturated rings. The normalized spacial score (nSPS) is 21.6. The highest BCUT2D eigenvalue weighted by Gasteiger charge is 2.20. The van der Waals surface area contributed by atoms with Crippen molar-refractivity contribution in [2.45, 2.75) is 25.8 Å². The molecular weight excluding hydrogens is 292 g/mol. The number of urea groups is 1. The van der Waals surface area contributed by atoms with E-state index in [1.807, 2.05) is 0 Å². The molecule has 7 heteroatoms. The largest absolute Gasteiger partial charge is 0.478 e. The minimum absolute atomic E-state index is 0.0126. The second-order valence-electron chi connectivity index (χ2n) is 5.08. The van der Waals surface area contributed by atoms with E-state index in [0.29, 0.717) is 24.3 Å². The average Bonchev–Trinajstić information content (AvgIpc) is 2.43. The SMILES string of the molecule is Cc1ccc(NC(=O)NC2CCS(=O)CC2)c(C(=O)O)c1. The molecular formula is C14H18N2O4S. The van der Waals surface area contributed by atoms with E-state index in [2.05, 4.69) is 10.6 Å². The van der Waals surface area contributed by atoms with Gasteiger partial charge in [-0.05, 0) is 31.9 Å². The first kappa shape index (κ1) is 15.5. The molecule has 2 rings (SSSR count). The van der Waals surface area contributed by atoms with Gasteiger partial charge in [0.1, 0.15) is 0 Å². The van der Waals surface area contributed by atoms with E-state index in [-0.39, 0.29) is 17.3 Å². The number of benzene rings is 1. The van der Waals surface area contributed by atoms with Crippen LogP contribution >= 0.6 is 0 Å². The average molecular weight is 310 g/mol. The zero-order valence-electron chi connectivity index (χ0n) is 11.7. The zero-order valence-corrected chi connectivity index (χ0v) is 12.5. The molecule has 1 aliphatic heterocycles. The molecule has 1 aromatic carbocycles. The summed E-state index contributed by atoms with van der Waals surface area (Å²) in [5.41, 5.74) is 1.15. The van der Waals surface area contributed by atoms with Crippen molar-refractivity contribution < 1.29 is 18.9 Å².